The van der Waals surface area contributed by atoms with E-state index in [4.69, 9.17) is 0 Å². The number of amides is 1. The van der Waals surface area contributed by atoms with Crippen LogP contribution in [0.5, 0.6) is 0 Å². The standard InChI is InChI=1S/C19H20N4O5/c24-19(14-11-17(22(25)26)13-18(12-14)23(27)28)20-15-5-7-16(8-6-15)21-9-3-1-2-4-10-21/h5-8,11-13H,1-4,9-10H2,(H,20,24). The summed E-state index contributed by atoms with van der Waals surface area (Å²) >= 11 is 0. The molecule has 0 bridgehead atoms. The first-order chi connectivity index (χ1) is 13.4. The van der Waals surface area contributed by atoms with Crippen LogP contribution in [0.3, 0.4) is 0 Å². The number of nitrogens with zero attached hydrogens (tertiary/aromatic N) is 3. The molecular formula is C19H20N4O5. The molecule has 1 aliphatic heterocycles. The number of anilines is 2. The normalized spacial score (nSPS) is 14.2. The first kappa shape index (κ1) is 19.3. The lowest BCUT2D eigenvalue weighted by atomic mass is 10.1. The van der Waals surface area contributed by atoms with Gasteiger partial charge in [0.15, 0.2) is 0 Å². The van der Waals surface area contributed by atoms with E-state index in [-0.39, 0.29) is 5.56 Å². The number of nitro benzene ring substituents is 2. The SMILES string of the molecule is O=C(Nc1ccc(N2CCCCCC2)cc1)c1cc([N+](=O)[O-])cc([N+](=O)[O-])c1. The van der Waals surface area contributed by atoms with Crippen molar-refractivity contribution in [2.45, 2.75) is 25.7 Å². The highest BCUT2D eigenvalue weighted by atomic mass is 16.6. The predicted molar refractivity (Wildman–Crippen MR) is 105 cm³/mol. The molecule has 1 N–H and O–H groups in total. The lowest BCUT2D eigenvalue weighted by molar-refractivity contribution is -0.394. The van der Waals surface area contributed by atoms with Gasteiger partial charge in [-0.05, 0) is 37.1 Å². The van der Waals surface area contributed by atoms with E-state index in [9.17, 15) is 25.0 Å². The minimum Gasteiger partial charge on any atom is -0.372 e. The Hall–Kier alpha value is -3.49. The second-order valence-electron chi connectivity index (χ2n) is 6.65. The monoisotopic (exact) mass is 384 g/mol. The number of nitro groups is 2. The molecule has 2 aromatic carbocycles. The van der Waals surface area contributed by atoms with Gasteiger partial charge in [-0.1, -0.05) is 12.8 Å². The van der Waals surface area contributed by atoms with Crippen LogP contribution in [0.4, 0.5) is 22.7 Å². The zero-order valence-electron chi connectivity index (χ0n) is 15.2. The lowest BCUT2D eigenvalue weighted by Gasteiger charge is -2.22. The Morgan fingerprint density at radius 3 is 1.89 bits per heavy atom. The van der Waals surface area contributed by atoms with E-state index in [0.29, 0.717) is 5.69 Å². The average Bonchev–Trinajstić information content (AvgIpc) is 2.97. The van der Waals surface area contributed by atoms with Gasteiger partial charge in [-0.15, -0.1) is 0 Å². The van der Waals surface area contributed by atoms with Crippen LogP contribution in [0, 0.1) is 20.2 Å². The summed E-state index contributed by atoms with van der Waals surface area (Å²) in [6.07, 6.45) is 4.79. The molecule has 1 amide bonds. The first-order valence-electron chi connectivity index (χ1n) is 9.04. The Kier molecular flexibility index (Phi) is 5.83. The summed E-state index contributed by atoms with van der Waals surface area (Å²) < 4.78 is 0. The van der Waals surface area contributed by atoms with Gasteiger partial charge in [0.25, 0.3) is 17.3 Å². The van der Waals surface area contributed by atoms with Gasteiger partial charge in [0.05, 0.1) is 21.5 Å². The van der Waals surface area contributed by atoms with Gasteiger partial charge in [-0.25, -0.2) is 0 Å². The first-order valence-corrected chi connectivity index (χ1v) is 9.04. The zero-order valence-corrected chi connectivity index (χ0v) is 15.2. The molecule has 146 valence electrons. The van der Waals surface area contributed by atoms with Crippen molar-refractivity contribution in [3.8, 4) is 0 Å². The summed E-state index contributed by atoms with van der Waals surface area (Å²) in [5.74, 6) is -0.644. The van der Waals surface area contributed by atoms with Crippen molar-refractivity contribution in [1.82, 2.24) is 0 Å². The number of non-ortho nitro benzene ring substituents is 2. The molecule has 1 saturated heterocycles. The fraction of sp³-hybridized carbons (Fsp3) is 0.316. The van der Waals surface area contributed by atoms with Crippen LogP contribution in [0.15, 0.2) is 42.5 Å². The maximum atomic E-state index is 12.4. The summed E-state index contributed by atoms with van der Waals surface area (Å²) in [5.41, 5.74) is 0.438. The number of carbonyl (C=O) groups excluding carboxylic acids is 1. The van der Waals surface area contributed by atoms with Gasteiger partial charge in [-0.3, -0.25) is 25.0 Å². The van der Waals surface area contributed by atoms with Crippen molar-refractivity contribution in [1.29, 1.82) is 0 Å². The van der Waals surface area contributed by atoms with Gasteiger partial charge < -0.3 is 10.2 Å². The highest BCUT2D eigenvalue weighted by Crippen LogP contribution is 2.25. The fourth-order valence-electron chi connectivity index (χ4n) is 3.22. The Bertz CT molecular complexity index is 857. The molecule has 1 fully saturated rings. The van der Waals surface area contributed by atoms with Crippen molar-refractivity contribution in [3.05, 3.63) is 68.3 Å². The topological polar surface area (TPSA) is 119 Å². The van der Waals surface area contributed by atoms with Gasteiger partial charge in [0.2, 0.25) is 0 Å². The average molecular weight is 384 g/mol. The minimum atomic E-state index is -0.764. The van der Waals surface area contributed by atoms with Crippen LogP contribution in [-0.4, -0.2) is 28.8 Å². The van der Waals surface area contributed by atoms with Crippen molar-refractivity contribution in [2.24, 2.45) is 0 Å². The molecule has 0 atom stereocenters. The van der Waals surface area contributed by atoms with E-state index in [1.165, 1.54) is 12.8 Å². The highest BCUT2D eigenvalue weighted by molar-refractivity contribution is 6.05. The Labute approximate surface area is 161 Å². The summed E-state index contributed by atoms with van der Waals surface area (Å²) in [6, 6.07) is 10.2. The molecule has 0 aromatic heterocycles. The number of rotatable bonds is 5. The third-order valence-electron chi connectivity index (χ3n) is 4.68. The molecule has 0 saturated carbocycles. The Morgan fingerprint density at radius 2 is 1.39 bits per heavy atom. The third kappa shape index (κ3) is 4.61. The molecule has 0 radical (unpaired) electrons. The van der Waals surface area contributed by atoms with Crippen molar-refractivity contribution in [2.75, 3.05) is 23.3 Å². The fourth-order valence-corrected chi connectivity index (χ4v) is 3.22. The van der Waals surface area contributed by atoms with Crippen molar-refractivity contribution < 1.29 is 14.6 Å². The van der Waals surface area contributed by atoms with Crippen molar-refractivity contribution >= 4 is 28.7 Å². The smallest absolute Gasteiger partial charge is 0.277 e. The summed E-state index contributed by atoms with van der Waals surface area (Å²) in [5, 5.41) is 24.6. The molecule has 9 heteroatoms. The van der Waals surface area contributed by atoms with E-state index in [1.54, 1.807) is 12.1 Å². The molecule has 28 heavy (non-hydrogen) atoms. The van der Waals surface area contributed by atoms with E-state index >= 15 is 0 Å². The Morgan fingerprint density at radius 1 is 0.857 bits per heavy atom. The Balaban J connectivity index is 1.75. The maximum Gasteiger partial charge on any atom is 0.277 e. The molecule has 0 spiro atoms. The molecule has 1 aliphatic rings. The summed E-state index contributed by atoms with van der Waals surface area (Å²) in [4.78, 5) is 35.1. The van der Waals surface area contributed by atoms with Crippen LogP contribution >= 0.6 is 0 Å². The largest absolute Gasteiger partial charge is 0.372 e. The van der Waals surface area contributed by atoms with Gasteiger partial charge >= 0.3 is 0 Å². The van der Waals surface area contributed by atoms with Crippen LogP contribution in [-0.2, 0) is 0 Å². The van der Waals surface area contributed by atoms with Gasteiger partial charge in [-0.2, -0.15) is 0 Å². The van der Waals surface area contributed by atoms with Crippen molar-refractivity contribution in [3.63, 3.8) is 0 Å². The molecule has 2 aromatic rings. The zero-order chi connectivity index (χ0) is 20.1. The minimum absolute atomic E-state index is 0.141. The number of nitrogens with one attached hydrogen (secondary N) is 1. The maximum absolute atomic E-state index is 12.4. The number of carbonyl (C=O) groups is 1. The van der Waals surface area contributed by atoms with Crippen LogP contribution in [0.25, 0.3) is 0 Å². The summed E-state index contributed by atoms with van der Waals surface area (Å²) in [6.45, 7) is 2.01. The van der Waals surface area contributed by atoms with E-state index < -0.39 is 27.1 Å². The predicted octanol–water partition coefficient (Wildman–Crippen LogP) is 4.14. The lowest BCUT2D eigenvalue weighted by Crippen LogP contribution is -2.23. The summed E-state index contributed by atoms with van der Waals surface area (Å²) in [7, 11) is 0. The van der Waals surface area contributed by atoms with E-state index in [2.05, 4.69) is 10.2 Å². The van der Waals surface area contributed by atoms with E-state index in [1.807, 2.05) is 12.1 Å². The molecular weight excluding hydrogens is 364 g/mol. The van der Waals surface area contributed by atoms with Gasteiger partial charge in [0, 0.05) is 36.6 Å². The molecule has 9 nitrogen and oxygen atoms in total. The molecule has 3 rings (SSSR count). The highest BCUT2D eigenvalue weighted by Gasteiger charge is 2.20. The molecule has 0 aliphatic carbocycles. The van der Waals surface area contributed by atoms with Crippen LogP contribution in [0.1, 0.15) is 36.0 Å². The third-order valence-corrected chi connectivity index (χ3v) is 4.68. The number of hydrogen-bond acceptors (Lipinski definition) is 6. The van der Waals surface area contributed by atoms with Crippen LogP contribution < -0.4 is 10.2 Å². The number of benzene rings is 2. The second-order valence-corrected chi connectivity index (χ2v) is 6.65. The second kappa shape index (κ2) is 8.47. The molecule has 0 unspecified atom stereocenters. The quantitative estimate of drug-likeness (QED) is 0.611. The van der Waals surface area contributed by atoms with Crippen LogP contribution in [0.2, 0.25) is 0 Å². The number of hydrogen-bond donors (Lipinski definition) is 1. The van der Waals surface area contributed by atoms with Gasteiger partial charge in [0.1, 0.15) is 0 Å². The molecule has 1 heterocycles. The van der Waals surface area contributed by atoms with E-state index in [0.717, 1.165) is 49.8 Å².